The summed E-state index contributed by atoms with van der Waals surface area (Å²) in [5, 5.41) is 19.7. The smallest absolute Gasteiger partial charge is 0.325 e. The quantitative estimate of drug-likeness (QED) is 0.579. The fraction of sp³-hybridized carbons (Fsp3) is 0.444. The first-order valence-corrected chi connectivity index (χ1v) is 12.9. The fourth-order valence-electron chi connectivity index (χ4n) is 6.29. The normalized spacial score (nSPS) is 27.6. The largest absolute Gasteiger partial charge is 0.495 e. The number of nitrogens with zero attached hydrogens (tertiary/aromatic N) is 2. The Morgan fingerprint density at radius 1 is 1.28 bits per heavy atom. The first-order chi connectivity index (χ1) is 17.3. The molecular formula is C27H29BrN2O6. The van der Waals surface area contributed by atoms with Gasteiger partial charge in [0.15, 0.2) is 0 Å². The first-order valence-electron chi connectivity index (χ1n) is 12.1. The molecule has 1 amide bonds. The molecule has 9 heteroatoms. The van der Waals surface area contributed by atoms with Crippen LogP contribution >= 0.6 is 15.9 Å². The Labute approximate surface area is 218 Å². The van der Waals surface area contributed by atoms with E-state index in [9.17, 15) is 14.7 Å². The maximum absolute atomic E-state index is 13.7. The van der Waals surface area contributed by atoms with Crippen LogP contribution in [0.1, 0.15) is 47.7 Å². The maximum Gasteiger partial charge on any atom is 0.325 e. The van der Waals surface area contributed by atoms with Gasteiger partial charge in [-0.05, 0) is 58.5 Å². The Kier molecular flexibility index (Phi) is 6.55. The number of methoxy groups -OCH3 is 1. The SMILES string of the molecule is COc1cc2c3c(c1Br)O[C@@H]1CC(=NCC(=O)O)C[C@@H](C)[C@]31C[C@@H](CO)N(C(=O)c1ccccc1)C2. The van der Waals surface area contributed by atoms with Crippen molar-refractivity contribution in [1.82, 2.24) is 4.90 Å². The van der Waals surface area contributed by atoms with Crippen LogP contribution in [0.3, 0.4) is 0 Å². The lowest BCUT2D eigenvalue weighted by molar-refractivity contribution is -0.135. The molecule has 2 heterocycles. The molecule has 2 N–H and O–H groups in total. The van der Waals surface area contributed by atoms with Gasteiger partial charge in [-0.1, -0.05) is 25.1 Å². The summed E-state index contributed by atoms with van der Waals surface area (Å²) in [5.41, 5.74) is 2.90. The van der Waals surface area contributed by atoms with E-state index in [2.05, 4.69) is 27.8 Å². The van der Waals surface area contributed by atoms with Crippen LogP contribution < -0.4 is 9.47 Å². The van der Waals surface area contributed by atoms with E-state index in [4.69, 9.17) is 14.6 Å². The lowest BCUT2D eigenvalue weighted by atomic mass is 9.59. The van der Waals surface area contributed by atoms with Crippen LogP contribution in [0.25, 0.3) is 0 Å². The molecule has 1 spiro atoms. The molecule has 4 atom stereocenters. The van der Waals surface area contributed by atoms with Gasteiger partial charge in [0.25, 0.3) is 5.91 Å². The zero-order valence-electron chi connectivity index (χ0n) is 20.2. The minimum atomic E-state index is -0.967. The molecule has 8 nitrogen and oxygen atoms in total. The Morgan fingerprint density at radius 3 is 2.69 bits per heavy atom. The van der Waals surface area contributed by atoms with Crippen molar-refractivity contribution in [2.75, 3.05) is 20.3 Å². The second-order valence-corrected chi connectivity index (χ2v) is 10.6. The van der Waals surface area contributed by atoms with Crippen LogP contribution in [0.2, 0.25) is 0 Å². The third-order valence-corrected chi connectivity index (χ3v) is 8.67. The van der Waals surface area contributed by atoms with E-state index in [0.29, 0.717) is 42.9 Å². The number of carboxylic acids is 1. The van der Waals surface area contributed by atoms with Gasteiger partial charge in [0, 0.05) is 35.2 Å². The molecule has 3 aliphatic rings. The van der Waals surface area contributed by atoms with Crippen LogP contribution in [0.4, 0.5) is 0 Å². The molecule has 1 aliphatic carbocycles. The third kappa shape index (κ3) is 3.89. The maximum atomic E-state index is 13.7. The van der Waals surface area contributed by atoms with E-state index in [0.717, 1.165) is 21.3 Å². The Hall–Kier alpha value is -2.91. The van der Waals surface area contributed by atoms with Crippen molar-refractivity contribution in [1.29, 1.82) is 0 Å². The highest BCUT2D eigenvalue weighted by Gasteiger charge is 2.59. The van der Waals surface area contributed by atoms with Crippen molar-refractivity contribution in [3.05, 3.63) is 57.6 Å². The van der Waals surface area contributed by atoms with Crippen molar-refractivity contribution in [3.63, 3.8) is 0 Å². The van der Waals surface area contributed by atoms with E-state index in [1.165, 1.54) is 0 Å². The molecule has 2 aromatic rings. The Morgan fingerprint density at radius 2 is 2.03 bits per heavy atom. The number of carbonyl (C=O) groups is 2. The van der Waals surface area contributed by atoms with Gasteiger partial charge in [-0.2, -0.15) is 0 Å². The molecule has 190 valence electrons. The lowest BCUT2D eigenvalue weighted by Gasteiger charge is -2.45. The molecule has 0 saturated heterocycles. The molecule has 5 rings (SSSR count). The zero-order chi connectivity index (χ0) is 25.6. The van der Waals surface area contributed by atoms with Crippen LogP contribution in [0.5, 0.6) is 11.5 Å². The number of benzene rings is 2. The number of carboxylic acid groups (broad SMARTS) is 1. The average Bonchev–Trinajstić information content (AvgIpc) is 3.14. The standard InChI is InChI=1S/C27H29BrN2O6/c1-15-8-18(29-12-22(32)33)10-21-27(15)11-19(14-31)30(26(34)16-6-4-3-5-7-16)13-17-9-20(35-2)24(28)25(36-21)23(17)27/h3-7,9,15,19,21,31H,8,10-14H2,1-2H3,(H,32,33)/t15-,19+,21-,27+/m1/s1. The van der Waals surface area contributed by atoms with E-state index in [-0.39, 0.29) is 31.1 Å². The summed E-state index contributed by atoms with van der Waals surface area (Å²) in [4.78, 5) is 30.9. The van der Waals surface area contributed by atoms with Gasteiger partial charge in [-0.15, -0.1) is 0 Å². The molecular weight excluding hydrogens is 528 g/mol. The van der Waals surface area contributed by atoms with Gasteiger partial charge in [0.1, 0.15) is 28.6 Å². The van der Waals surface area contributed by atoms with Gasteiger partial charge in [0.05, 0.1) is 19.8 Å². The number of aliphatic hydroxyl groups excluding tert-OH is 1. The number of aliphatic hydroxyl groups is 1. The zero-order valence-corrected chi connectivity index (χ0v) is 21.8. The highest BCUT2D eigenvalue weighted by molar-refractivity contribution is 9.10. The van der Waals surface area contributed by atoms with Crippen molar-refractivity contribution in [2.24, 2.45) is 10.9 Å². The number of aliphatic imine (C=N–C) groups is 1. The number of hydrogen-bond donors (Lipinski definition) is 2. The van der Waals surface area contributed by atoms with Crippen molar-refractivity contribution < 1.29 is 29.3 Å². The number of rotatable bonds is 5. The summed E-state index contributed by atoms with van der Waals surface area (Å²) in [6, 6.07) is 10.7. The third-order valence-electron chi connectivity index (χ3n) is 7.92. The van der Waals surface area contributed by atoms with Crippen LogP contribution in [-0.4, -0.2) is 65.1 Å². The highest BCUT2D eigenvalue weighted by Crippen LogP contribution is 2.60. The summed E-state index contributed by atoms with van der Waals surface area (Å²) in [5.74, 6) is 0.257. The van der Waals surface area contributed by atoms with Crippen LogP contribution in [-0.2, 0) is 16.8 Å². The predicted molar refractivity (Wildman–Crippen MR) is 137 cm³/mol. The van der Waals surface area contributed by atoms with Gasteiger partial charge in [0.2, 0.25) is 0 Å². The monoisotopic (exact) mass is 556 g/mol. The van der Waals surface area contributed by atoms with Gasteiger partial charge >= 0.3 is 5.97 Å². The first kappa shape index (κ1) is 24.8. The average molecular weight is 557 g/mol. The van der Waals surface area contributed by atoms with E-state index in [1.54, 1.807) is 24.1 Å². The number of aliphatic carboxylic acids is 1. The van der Waals surface area contributed by atoms with E-state index in [1.807, 2.05) is 24.3 Å². The Balaban J connectivity index is 1.65. The summed E-state index contributed by atoms with van der Waals surface area (Å²) >= 11 is 3.67. The molecule has 0 radical (unpaired) electrons. The fourth-order valence-corrected chi connectivity index (χ4v) is 6.86. The van der Waals surface area contributed by atoms with Crippen molar-refractivity contribution in [2.45, 2.75) is 50.3 Å². The molecule has 1 fully saturated rings. The molecule has 2 aliphatic heterocycles. The number of halogens is 1. The second-order valence-electron chi connectivity index (χ2n) is 9.83. The number of carbonyl (C=O) groups excluding carboxylic acids is 1. The van der Waals surface area contributed by atoms with Gasteiger partial charge in [-0.25, -0.2) is 0 Å². The predicted octanol–water partition coefficient (Wildman–Crippen LogP) is 3.82. The number of amides is 1. The molecule has 0 unspecified atom stereocenters. The summed E-state index contributed by atoms with van der Waals surface area (Å²) in [6.45, 7) is 2.00. The highest BCUT2D eigenvalue weighted by atomic mass is 79.9. The van der Waals surface area contributed by atoms with Crippen LogP contribution in [0.15, 0.2) is 45.9 Å². The van der Waals surface area contributed by atoms with Crippen molar-refractivity contribution >= 4 is 33.5 Å². The van der Waals surface area contributed by atoms with Gasteiger partial charge < -0.3 is 24.6 Å². The summed E-state index contributed by atoms with van der Waals surface area (Å²) < 4.78 is 13.0. The minimum absolute atomic E-state index is 0.0462. The summed E-state index contributed by atoms with van der Waals surface area (Å²) in [6.07, 6.45) is 1.34. The van der Waals surface area contributed by atoms with Crippen LogP contribution in [0, 0.1) is 5.92 Å². The number of hydrogen-bond acceptors (Lipinski definition) is 6. The number of ether oxygens (including phenoxy) is 2. The van der Waals surface area contributed by atoms with Crippen molar-refractivity contribution in [3.8, 4) is 11.5 Å². The summed E-state index contributed by atoms with van der Waals surface area (Å²) in [7, 11) is 1.59. The Bertz CT molecular complexity index is 1230. The van der Waals surface area contributed by atoms with E-state index >= 15 is 0 Å². The molecule has 0 bridgehead atoms. The van der Waals surface area contributed by atoms with Gasteiger partial charge in [-0.3, -0.25) is 14.6 Å². The molecule has 36 heavy (non-hydrogen) atoms. The molecule has 2 aromatic carbocycles. The molecule has 0 aromatic heterocycles. The lowest BCUT2D eigenvalue weighted by Crippen LogP contribution is -2.53. The topological polar surface area (TPSA) is 109 Å². The minimum Gasteiger partial charge on any atom is -0.495 e. The molecule has 1 saturated carbocycles. The van der Waals surface area contributed by atoms with E-state index < -0.39 is 17.4 Å². The second kappa shape index (κ2) is 9.52.